The average molecular weight is 473 g/mol. The van der Waals surface area contributed by atoms with Crippen LogP contribution >= 0.6 is 0 Å². The van der Waals surface area contributed by atoms with Gasteiger partial charge in [-0.15, -0.1) is 0 Å². The van der Waals surface area contributed by atoms with Gasteiger partial charge in [-0.25, -0.2) is 8.78 Å². The molecule has 7 heteroatoms. The van der Waals surface area contributed by atoms with Crippen LogP contribution in [0.25, 0.3) is 22.0 Å². The van der Waals surface area contributed by atoms with E-state index in [1.807, 2.05) is 53.1 Å². The summed E-state index contributed by atoms with van der Waals surface area (Å²) in [4.78, 5) is 14.9. The molecule has 178 valence electrons. The molecule has 3 aromatic carbocycles. The molecule has 0 unspecified atom stereocenters. The number of hydrogen-bond donors (Lipinski definition) is 2. The van der Waals surface area contributed by atoms with E-state index in [1.165, 1.54) is 4.90 Å². The van der Waals surface area contributed by atoms with Crippen LogP contribution in [0.4, 0.5) is 8.78 Å². The SMILES string of the molecule is N=C(N)c1ccc2cc(C(=O)N3CCC(F)(F)CC3)n(Cc3ccc(-c4ccccc4)cc3)c2c1. The number of hydrogen-bond acceptors (Lipinski definition) is 2. The lowest BCUT2D eigenvalue weighted by molar-refractivity contribution is -0.0495. The van der Waals surface area contributed by atoms with Gasteiger partial charge in [0.25, 0.3) is 11.8 Å². The van der Waals surface area contributed by atoms with Crippen molar-refractivity contribution in [2.45, 2.75) is 25.3 Å². The first-order valence-electron chi connectivity index (χ1n) is 11.6. The van der Waals surface area contributed by atoms with E-state index < -0.39 is 5.92 Å². The van der Waals surface area contributed by atoms with Gasteiger partial charge in [0.15, 0.2) is 0 Å². The third kappa shape index (κ3) is 4.67. The number of aromatic nitrogens is 1. The number of carbonyl (C=O) groups excluding carboxylic acids is 1. The first-order chi connectivity index (χ1) is 16.8. The smallest absolute Gasteiger partial charge is 0.270 e. The third-order valence-corrected chi connectivity index (χ3v) is 6.62. The summed E-state index contributed by atoms with van der Waals surface area (Å²) in [6, 6.07) is 25.4. The van der Waals surface area contributed by atoms with Crippen molar-refractivity contribution in [2.24, 2.45) is 5.73 Å². The van der Waals surface area contributed by atoms with Gasteiger partial charge in [-0.3, -0.25) is 10.2 Å². The minimum Gasteiger partial charge on any atom is -0.384 e. The fourth-order valence-electron chi connectivity index (χ4n) is 4.58. The fraction of sp³-hybridized carbons (Fsp3) is 0.214. The molecule has 1 aliphatic rings. The summed E-state index contributed by atoms with van der Waals surface area (Å²) < 4.78 is 29.3. The number of piperidine rings is 1. The number of nitrogens with zero attached hydrogens (tertiary/aromatic N) is 2. The first kappa shape index (κ1) is 22.8. The highest BCUT2D eigenvalue weighted by Gasteiger charge is 2.36. The molecule has 5 rings (SSSR count). The molecule has 35 heavy (non-hydrogen) atoms. The van der Waals surface area contributed by atoms with Crippen LogP contribution < -0.4 is 5.73 Å². The van der Waals surface area contributed by atoms with E-state index in [2.05, 4.69) is 12.1 Å². The molecule has 5 nitrogen and oxygen atoms in total. The summed E-state index contributed by atoms with van der Waals surface area (Å²) in [5.41, 5.74) is 10.7. The number of likely N-dealkylation sites (tertiary alicyclic amines) is 1. The fourth-order valence-corrected chi connectivity index (χ4v) is 4.58. The molecule has 1 amide bonds. The number of fused-ring (bicyclic) bond motifs is 1. The van der Waals surface area contributed by atoms with Crippen molar-refractivity contribution < 1.29 is 13.6 Å². The van der Waals surface area contributed by atoms with Gasteiger partial charge in [0.05, 0.1) is 0 Å². The Hall–Kier alpha value is -4.00. The van der Waals surface area contributed by atoms with Crippen molar-refractivity contribution in [1.29, 1.82) is 5.41 Å². The molecule has 2 heterocycles. The number of nitrogen functional groups attached to an aromatic ring is 1. The van der Waals surface area contributed by atoms with Crippen LogP contribution in [-0.2, 0) is 6.54 Å². The number of alkyl halides is 2. The summed E-state index contributed by atoms with van der Waals surface area (Å²) >= 11 is 0. The number of halogens is 2. The highest BCUT2D eigenvalue weighted by Crippen LogP contribution is 2.30. The van der Waals surface area contributed by atoms with E-state index in [0.717, 1.165) is 27.6 Å². The van der Waals surface area contributed by atoms with Gasteiger partial charge in [0, 0.05) is 48.9 Å². The summed E-state index contributed by atoms with van der Waals surface area (Å²) in [7, 11) is 0. The first-order valence-corrected chi connectivity index (χ1v) is 11.6. The molecule has 1 aromatic heterocycles. The van der Waals surface area contributed by atoms with Crippen molar-refractivity contribution in [2.75, 3.05) is 13.1 Å². The van der Waals surface area contributed by atoms with Crippen LogP contribution in [0.1, 0.15) is 34.5 Å². The van der Waals surface area contributed by atoms with Gasteiger partial charge in [-0.2, -0.15) is 0 Å². The zero-order valence-corrected chi connectivity index (χ0v) is 19.2. The third-order valence-electron chi connectivity index (χ3n) is 6.62. The Morgan fingerprint density at radius 3 is 2.23 bits per heavy atom. The predicted molar refractivity (Wildman–Crippen MR) is 134 cm³/mol. The summed E-state index contributed by atoms with van der Waals surface area (Å²) in [6.45, 7) is 0.473. The number of amides is 1. The largest absolute Gasteiger partial charge is 0.384 e. The van der Waals surface area contributed by atoms with Gasteiger partial charge in [0.2, 0.25) is 0 Å². The maximum atomic E-state index is 13.7. The molecule has 3 N–H and O–H groups in total. The van der Waals surface area contributed by atoms with Crippen molar-refractivity contribution in [3.63, 3.8) is 0 Å². The zero-order valence-electron chi connectivity index (χ0n) is 19.2. The number of nitrogens with one attached hydrogen (secondary N) is 1. The molecule has 0 spiro atoms. The number of carbonyl (C=O) groups is 1. The minimum absolute atomic E-state index is 0.0256. The van der Waals surface area contributed by atoms with Crippen LogP contribution in [0, 0.1) is 5.41 Å². The lowest BCUT2D eigenvalue weighted by Crippen LogP contribution is -2.43. The van der Waals surface area contributed by atoms with Crippen molar-refractivity contribution in [3.8, 4) is 11.1 Å². The lowest BCUT2D eigenvalue weighted by Gasteiger charge is -2.32. The predicted octanol–water partition coefficient (Wildman–Crippen LogP) is 5.51. The second-order valence-corrected chi connectivity index (χ2v) is 9.01. The van der Waals surface area contributed by atoms with Gasteiger partial charge in [-0.05, 0) is 28.8 Å². The number of benzene rings is 3. The second kappa shape index (κ2) is 8.98. The van der Waals surface area contributed by atoms with E-state index in [1.54, 1.807) is 18.2 Å². The molecule has 1 saturated heterocycles. The highest BCUT2D eigenvalue weighted by molar-refractivity contribution is 6.02. The van der Waals surface area contributed by atoms with Gasteiger partial charge < -0.3 is 15.2 Å². The van der Waals surface area contributed by atoms with Crippen molar-refractivity contribution >= 4 is 22.6 Å². The molecule has 1 fully saturated rings. The van der Waals surface area contributed by atoms with Gasteiger partial charge in [-0.1, -0.05) is 66.7 Å². The van der Waals surface area contributed by atoms with Crippen LogP contribution in [0.5, 0.6) is 0 Å². The molecule has 0 bridgehead atoms. The Morgan fingerprint density at radius 2 is 1.57 bits per heavy atom. The number of nitrogens with two attached hydrogens (primary N) is 1. The van der Waals surface area contributed by atoms with E-state index in [0.29, 0.717) is 17.8 Å². The zero-order chi connectivity index (χ0) is 24.6. The monoisotopic (exact) mass is 472 g/mol. The topological polar surface area (TPSA) is 75.1 Å². The Balaban J connectivity index is 1.51. The van der Waals surface area contributed by atoms with Crippen LogP contribution in [0.2, 0.25) is 0 Å². The number of amidine groups is 1. The quantitative estimate of drug-likeness (QED) is 0.297. The molecule has 1 aliphatic heterocycles. The van der Waals surface area contributed by atoms with E-state index in [4.69, 9.17) is 11.1 Å². The summed E-state index contributed by atoms with van der Waals surface area (Å²) in [6.07, 6.45) is -0.650. The Bertz CT molecular complexity index is 1380. The highest BCUT2D eigenvalue weighted by atomic mass is 19.3. The van der Waals surface area contributed by atoms with Gasteiger partial charge in [0.1, 0.15) is 11.5 Å². The molecular weight excluding hydrogens is 446 g/mol. The Labute approximate surface area is 202 Å². The van der Waals surface area contributed by atoms with E-state index >= 15 is 0 Å². The molecule has 0 saturated carbocycles. The second-order valence-electron chi connectivity index (χ2n) is 9.01. The lowest BCUT2D eigenvalue weighted by atomic mass is 10.0. The molecule has 0 radical (unpaired) electrons. The minimum atomic E-state index is -2.72. The Morgan fingerprint density at radius 1 is 0.914 bits per heavy atom. The van der Waals surface area contributed by atoms with Crippen molar-refractivity contribution in [1.82, 2.24) is 9.47 Å². The molecule has 4 aromatic rings. The average Bonchev–Trinajstić information content (AvgIpc) is 3.22. The van der Waals surface area contributed by atoms with Crippen molar-refractivity contribution in [3.05, 3.63) is 95.7 Å². The van der Waals surface area contributed by atoms with E-state index in [9.17, 15) is 13.6 Å². The molecule has 0 aliphatic carbocycles. The van der Waals surface area contributed by atoms with E-state index in [-0.39, 0.29) is 37.7 Å². The maximum absolute atomic E-state index is 13.7. The number of rotatable bonds is 5. The standard InChI is InChI=1S/C28H26F2N4O/c29-28(30)12-14-33(15-13-28)27(35)25-16-22-10-11-23(26(31)32)17-24(22)34(25)18-19-6-8-21(9-7-19)20-4-2-1-3-5-20/h1-11,16-17H,12-15,18H2,(H3,31,32). The maximum Gasteiger partial charge on any atom is 0.270 e. The molecule has 0 atom stereocenters. The van der Waals surface area contributed by atoms with Gasteiger partial charge >= 0.3 is 0 Å². The van der Waals surface area contributed by atoms with Crippen LogP contribution in [0.3, 0.4) is 0 Å². The van der Waals surface area contributed by atoms with Crippen LogP contribution in [-0.4, -0.2) is 40.2 Å². The Kier molecular flexibility index (Phi) is 5.84. The summed E-state index contributed by atoms with van der Waals surface area (Å²) in [5, 5.41) is 8.65. The summed E-state index contributed by atoms with van der Waals surface area (Å²) in [5.74, 6) is -3.04. The van der Waals surface area contributed by atoms with Crippen LogP contribution in [0.15, 0.2) is 78.9 Å². The molecular formula is C28H26F2N4O. The normalized spacial score (nSPS) is 15.3.